The van der Waals surface area contributed by atoms with E-state index in [4.69, 9.17) is 14.5 Å². The largest absolute Gasteiger partial charge is 0.486 e. The first-order chi connectivity index (χ1) is 17.9. The molecule has 1 saturated heterocycles. The lowest BCUT2D eigenvalue weighted by Crippen LogP contribution is -2.25. The number of aromatic nitrogens is 2. The number of imidazole rings is 1. The van der Waals surface area contributed by atoms with Gasteiger partial charge in [-0.25, -0.2) is 4.98 Å². The Labute approximate surface area is 218 Å². The van der Waals surface area contributed by atoms with E-state index in [2.05, 4.69) is 24.5 Å². The Balaban J connectivity index is 1.24. The van der Waals surface area contributed by atoms with Crippen LogP contribution in [0.25, 0.3) is 11.0 Å². The number of rotatable bonds is 9. The molecule has 2 unspecified atom stereocenters. The molecule has 3 aromatic carbocycles. The normalized spacial score (nSPS) is 17.2. The molecule has 1 fully saturated rings. The molecule has 1 aliphatic rings. The van der Waals surface area contributed by atoms with Gasteiger partial charge < -0.3 is 24.7 Å². The van der Waals surface area contributed by atoms with Gasteiger partial charge in [-0.3, -0.25) is 9.00 Å². The lowest BCUT2D eigenvalue weighted by molar-refractivity contribution is -0.119. The monoisotopic (exact) mass is 518 g/mol. The van der Waals surface area contributed by atoms with Gasteiger partial charge in [-0.2, -0.15) is 0 Å². The molecule has 0 spiro atoms. The molecular weight excluding hydrogens is 488 g/mol. The van der Waals surface area contributed by atoms with E-state index in [0.29, 0.717) is 24.8 Å². The highest BCUT2D eigenvalue weighted by Gasteiger charge is 2.31. The van der Waals surface area contributed by atoms with Gasteiger partial charge >= 0.3 is 0 Å². The number of carbonyl (C=O) groups is 1. The minimum atomic E-state index is -1.17. The van der Waals surface area contributed by atoms with Crippen molar-refractivity contribution in [1.29, 1.82) is 0 Å². The smallest absolute Gasteiger partial charge is 0.236 e. The fourth-order valence-corrected chi connectivity index (χ4v) is 5.46. The summed E-state index contributed by atoms with van der Waals surface area (Å²) in [6.07, 6.45) is 0.451. The van der Waals surface area contributed by atoms with Gasteiger partial charge in [0.1, 0.15) is 34.9 Å². The van der Waals surface area contributed by atoms with Crippen LogP contribution in [-0.4, -0.2) is 36.8 Å². The van der Waals surface area contributed by atoms with Crippen molar-refractivity contribution >= 4 is 33.4 Å². The van der Waals surface area contributed by atoms with Gasteiger partial charge in [-0.05, 0) is 62.2 Å². The lowest BCUT2D eigenvalue weighted by atomic mass is 10.1. The molecule has 1 aromatic heterocycles. The van der Waals surface area contributed by atoms with E-state index >= 15 is 0 Å². The average molecular weight is 519 g/mol. The molecule has 192 valence electrons. The maximum absolute atomic E-state index is 12.0. The molecule has 4 aromatic rings. The Morgan fingerprint density at radius 3 is 2.57 bits per heavy atom. The molecule has 2 N–H and O–H groups in total. The van der Waals surface area contributed by atoms with Gasteiger partial charge in [-0.1, -0.05) is 18.2 Å². The van der Waals surface area contributed by atoms with E-state index < -0.39 is 16.0 Å². The number of benzene rings is 3. The maximum atomic E-state index is 12.0. The summed E-state index contributed by atoms with van der Waals surface area (Å²) in [5.41, 5.74) is 3.77. The predicted octanol–water partition coefficient (Wildman–Crippen LogP) is 4.51. The van der Waals surface area contributed by atoms with Gasteiger partial charge in [0.25, 0.3) is 0 Å². The van der Waals surface area contributed by atoms with Crippen molar-refractivity contribution < 1.29 is 18.5 Å². The number of hydrogen-bond acceptors (Lipinski definition) is 6. The van der Waals surface area contributed by atoms with Crippen molar-refractivity contribution in [3.8, 4) is 17.2 Å². The van der Waals surface area contributed by atoms with Crippen LogP contribution in [0.5, 0.6) is 17.2 Å². The minimum absolute atomic E-state index is 0.147. The summed E-state index contributed by atoms with van der Waals surface area (Å²) >= 11 is 0. The van der Waals surface area contributed by atoms with Gasteiger partial charge in [0, 0.05) is 30.9 Å². The number of ether oxygens (including phenoxy) is 2. The Morgan fingerprint density at radius 1 is 1.08 bits per heavy atom. The number of carbonyl (C=O) groups excluding carboxylic acids is 1. The summed E-state index contributed by atoms with van der Waals surface area (Å²) in [6, 6.07) is 21.6. The fourth-order valence-electron chi connectivity index (χ4n) is 4.28. The average Bonchev–Trinajstić information content (AvgIpc) is 3.36. The number of hydrogen-bond donors (Lipinski definition) is 2. The first-order valence-corrected chi connectivity index (χ1v) is 13.6. The van der Waals surface area contributed by atoms with Crippen molar-refractivity contribution in [2.75, 3.05) is 11.2 Å². The number of nitrogens with one attached hydrogen (secondary N) is 2. The van der Waals surface area contributed by atoms with Crippen LogP contribution >= 0.6 is 0 Å². The van der Waals surface area contributed by atoms with Gasteiger partial charge in [0.2, 0.25) is 5.91 Å². The summed E-state index contributed by atoms with van der Waals surface area (Å²) in [5.74, 6) is 3.07. The lowest BCUT2D eigenvalue weighted by Gasteiger charge is -2.12. The van der Waals surface area contributed by atoms with Crippen molar-refractivity contribution in [3.05, 3.63) is 78.1 Å². The highest BCUT2D eigenvalue weighted by Crippen LogP contribution is 2.28. The molecule has 0 radical (unpaired) electrons. The maximum Gasteiger partial charge on any atom is 0.236 e. The molecule has 0 bridgehead atoms. The van der Waals surface area contributed by atoms with Crippen molar-refractivity contribution in [2.45, 2.75) is 38.2 Å². The summed E-state index contributed by atoms with van der Waals surface area (Å²) in [5, 5.41) is 5.55. The highest BCUT2D eigenvalue weighted by atomic mass is 32.2. The second-order valence-electron chi connectivity index (χ2n) is 9.36. The van der Waals surface area contributed by atoms with Gasteiger partial charge in [0.05, 0.1) is 27.7 Å². The number of fused-ring (bicyclic) bond motifs is 1. The number of amides is 1. The van der Waals surface area contributed by atoms with E-state index in [1.54, 1.807) is 0 Å². The van der Waals surface area contributed by atoms with Crippen LogP contribution in [0.3, 0.4) is 0 Å². The number of aryl methyl sites for hydroxylation is 1. The summed E-state index contributed by atoms with van der Waals surface area (Å²) in [7, 11) is 0.792. The molecule has 9 heteroatoms. The van der Waals surface area contributed by atoms with Crippen LogP contribution in [0, 0.1) is 0 Å². The topological polar surface area (TPSA) is 94.5 Å². The fraction of sp³-hybridized carbons (Fsp3) is 0.286. The van der Waals surface area contributed by atoms with Gasteiger partial charge in [-0.15, -0.1) is 0 Å². The quantitative estimate of drug-likeness (QED) is 0.339. The van der Waals surface area contributed by atoms with Gasteiger partial charge in [0.15, 0.2) is 0 Å². The van der Waals surface area contributed by atoms with Crippen molar-refractivity contribution in [1.82, 2.24) is 14.9 Å². The number of anilines is 1. The van der Waals surface area contributed by atoms with Crippen molar-refractivity contribution in [3.63, 3.8) is 0 Å². The molecule has 5 rings (SSSR count). The highest BCUT2D eigenvalue weighted by molar-refractivity contribution is 7.86. The SMILES string of the molecule is CC(C)Nc1cccc(Oc2ccc3nc(COc4ccc(CC5C(=O)NCS5=O)cc4)n(C)c3c2)c1. The first kappa shape index (κ1) is 24.8. The van der Waals surface area contributed by atoms with Crippen LogP contribution in [-0.2, 0) is 35.7 Å². The third-order valence-corrected chi connectivity index (χ3v) is 7.63. The second kappa shape index (κ2) is 10.6. The minimum Gasteiger partial charge on any atom is -0.486 e. The molecule has 0 saturated carbocycles. The molecule has 37 heavy (non-hydrogen) atoms. The predicted molar refractivity (Wildman–Crippen MR) is 145 cm³/mol. The first-order valence-electron chi connectivity index (χ1n) is 12.2. The zero-order valence-electron chi connectivity index (χ0n) is 21.1. The van der Waals surface area contributed by atoms with E-state index in [1.165, 1.54) is 0 Å². The van der Waals surface area contributed by atoms with Crippen LogP contribution in [0.1, 0.15) is 25.2 Å². The van der Waals surface area contributed by atoms with Crippen LogP contribution in [0.4, 0.5) is 5.69 Å². The third kappa shape index (κ3) is 5.77. The Bertz CT molecular complexity index is 1430. The third-order valence-electron chi connectivity index (χ3n) is 6.18. The zero-order valence-corrected chi connectivity index (χ0v) is 21.9. The molecule has 1 aliphatic heterocycles. The Hall–Kier alpha value is -3.85. The summed E-state index contributed by atoms with van der Waals surface area (Å²) in [4.78, 5) is 16.6. The van der Waals surface area contributed by atoms with E-state index in [-0.39, 0.29) is 11.8 Å². The second-order valence-corrected chi connectivity index (χ2v) is 11.0. The van der Waals surface area contributed by atoms with E-state index in [9.17, 15) is 9.00 Å². The zero-order chi connectivity index (χ0) is 25.9. The summed E-state index contributed by atoms with van der Waals surface area (Å²) < 4.78 is 26.1. The Morgan fingerprint density at radius 2 is 1.84 bits per heavy atom. The summed E-state index contributed by atoms with van der Waals surface area (Å²) in [6.45, 7) is 4.50. The number of nitrogens with zero attached hydrogens (tertiary/aromatic N) is 2. The van der Waals surface area contributed by atoms with E-state index in [1.807, 2.05) is 78.3 Å². The van der Waals surface area contributed by atoms with E-state index in [0.717, 1.165) is 39.6 Å². The van der Waals surface area contributed by atoms with Crippen LogP contribution in [0.15, 0.2) is 66.7 Å². The van der Waals surface area contributed by atoms with Crippen LogP contribution in [0.2, 0.25) is 0 Å². The van der Waals surface area contributed by atoms with Crippen molar-refractivity contribution in [2.24, 2.45) is 7.05 Å². The molecule has 2 atom stereocenters. The molecule has 8 nitrogen and oxygen atoms in total. The molecular formula is C28H30N4O4S. The molecule has 2 heterocycles. The molecule has 1 amide bonds. The van der Waals surface area contributed by atoms with Crippen LogP contribution < -0.4 is 20.1 Å². The Kier molecular flexibility index (Phi) is 7.14. The standard InChI is InChI=1S/C28H30N4O4S/c1-18(2)30-20-5-4-6-22(14-20)36-23-11-12-24-25(15-23)32(3)27(31-24)16-35-21-9-7-19(8-10-21)13-26-28(33)29-17-37(26)34/h4-12,14-15,18,26,30H,13,16-17H2,1-3H3,(H,29,33). The molecule has 0 aliphatic carbocycles.